The van der Waals surface area contributed by atoms with Crippen LogP contribution in [0, 0.1) is 5.41 Å². The molecule has 0 aromatic heterocycles. The lowest BCUT2D eigenvalue weighted by molar-refractivity contribution is -0.119. The molecule has 2 aliphatic heterocycles. The molecule has 0 radical (unpaired) electrons. The highest BCUT2D eigenvalue weighted by Gasteiger charge is 2.32. The van der Waals surface area contributed by atoms with Crippen molar-refractivity contribution in [3.05, 3.63) is 33.6 Å². The smallest absolute Gasteiger partial charge is 0.216 e. The van der Waals surface area contributed by atoms with Crippen LogP contribution in [0.15, 0.2) is 38.6 Å². The van der Waals surface area contributed by atoms with Gasteiger partial charge in [0.25, 0.3) is 0 Å². The summed E-state index contributed by atoms with van der Waals surface area (Å²) in [7, 11) is 2.08. The molecule has 0 bridgehead atoms. The number of aliphatic imine (C=N–C) groups is 1. The van der Waals surface area contributed by atoms with Crippen molar-refractivity contribution in [2.75, 3.05) is 20.1 Å². The molecule has 6 heteroatoms. The van der Waals surface area contributed by atoms with E-state index in [0.29, 0.717) is 6.54 Å². The third kappa shape index (κ3) is 2.85. The topological polar surface area (TPSA) is 56.7 Å². The van der Waals surface area contributed by atoms with Gasteiger partial charge in [0.15, 0.2) is 5.82 Å². The number of carbonyl (C=O) groups excluding carboxylic acids is 1. The minimum Gasteiger partial charge on any atom is -0.361 e. The molecule has 0 saturated carbocycles. The number of nitrogens with zero attached hydrogens (tertiary/aromatic N) is 2. The molecule has 0 aromatic rings. The molecule has 1 unspecified atom stereocenters. The number of hydrogen-bond acceptors (Lipinski definition) is 5. The number of allylic oxidation sites excluding steroid dienone is 2. The van der Waals surface area contributed by atoms with E-state index in [1.54, 1.807) is 18.7 Å². The second kappa shape index (κ2) is 5.26. The maximum atomic E-state index is 11.1. The van der Waals surface area contributed by atoms with Crippen molar-refractivity contribution in [1.29, 1.82) is 0 Å². The molecule has 21 heavy (non-hydrogen) atoms. The summed E-state index contributed by atoms with van der Waals surface area (Å²) in [6, 6.07) is 0. The molecule has 1 aliphatic carbocycles. The first-order chi connectivity index (χ1) is 9.97. The highest BCUT2D eigenvalue weighted by Crippen LogP contribution is 2.44. The largest absolute Gasteiger partial charge is 0.361 e. The van der Waals surface area contributed by atoms with Crippen molar-refractivity contribution in [1.82, 2.24) is 15.5 Å². The highest BCUT2D eigenvalue weighted by molar-refractivity contribution is 8.06. The van der Waals surface area contributed by atoms with Crippen LogP contribution >= 0.6 is 11.8 Å². The van der Waals surface area contributed by atoms with E-state index >= 15 is 0 Å². The van der Waals surface area contributed by atoms with Gasteiger partial charge in [0.1, 0.15) is 5.03 Å². The van der Waals surface area contributed by atoms with Crippen LogP contribution in [0.1, 0.15) is 20.3 Å². The summed E-state index contributed by atoms with van der Waals surface area (Å²) in [4.78, 5) is 19.0. The number of nitrogens with one attached hydrogen (secondary N) is 2. The van der Waals surface area contributed by atoms with Gasteiger partial charge in [-0.3, -0.25) is 4.79 Å². The summed E-state index contributed by atoms with van der Waals surface area (Å²) < 4.78 is 0. The Balaban J connectivity index is 1.76. The molecular formula is C15H20N4OS. The molecule has 3 aliphatic rings. The minimum atomic E-state index is -0.0551. The maximum absolute atomic E-state index is 11.1. The fraction of sp³-hybridized carbons (Fsp3) is 0.467. The first kappa shape index (κ1) is 14.3. The molecule has 112 valence electrons. The van der Waals surface area contributed by atoms with Crippen molar-refractivity contribution in [3.8, 4) is 0 Å². The molecule has 0 fully saturated rings. The van der Waals surface area contributed by atoms with Crippen molar-refractivity contribution in [3.63, 3.8) is 0 Å². The SMILES string of the molecule is CC(=O)NCC1(C)C=CC2=C(C1)NC1=C(S2)N(C)CC=N1. The van der Waals surface area contributed by atoms with Gasteiger partial charge < -0.3 is 15.5 Å². The Morgan fingerprint density at radius 2 is 2.43 bits per heavy atom. The molecule has 2 N–H and O–H groups in total. The Morgan fingerprint density at radius 3 is 3.19 bits per heavy atom. The zero-order valence-corrected chi connectivity index (χ0v) is 13.4. The standard InChI is InChI=1S/C15H20N4OS/c1-10(20)17-9-15(2)5-4-12-11(8-15)18-13-14(21-12)19(3)7-6-16-13/h4-6,18H,7-9H2,1-3H3,(H,17,20). The molecule has 2 heterocycles. The zero-order chi connectivity index (χ0) is 15.0. The normalized spacial score (nSPS) is 27.3. The van der Waals surface area contributed by atoms with Crippen molar-refractivity contribution in [2.45, 2.75) is 20.3 Å². The number of thioether (sulfide) groups is 1. The van der Waals surface area contributed by atoms with Gasteiger partial charge in [-0.2, -0.15) is 0 Å². The van der Waals surface area contributed by atoms with Crippen LogP contribution in [0.5, 0.6) is 0 Å². The Bertz CT molecular complexity index is 605. The van der Waals surface area contributed by atoms with Gasteiger partial charge in [-0.1, -0.05) is 24.8 Å². The van der Waals surface area contributed by atoms with Crippen molar-refractivity contribution >= 4 is 23.9 Å². The van der Waals surface area contributed by atoms with Gasteiger partial charge in [0, 0.05) is 42.7 Å². The van der Waals surface area contributed by atoms with E-state index in [1.807, 2.05) is 6.21 Å². The van der Waals surface area contributed by atoms with Gasteiger partial charge in [-0.15, -0.1) is 0 Å². The number of rotatable bonds is 2. The van der Waals surface area contributed by atoms with E-state index in [-0.39, 0.29) is 11.3 Å². The van der Waals surface area contributed by atoms with Crippen LogP contribution in [0.25, 0.3) is 0 Å². The zero-order valence-electron chi connectivity index (χ0n) is 12.6. The Morgan fingerprint density at radius 1 is 1.62 bits per heavy atom. The molecule has 5 nitrogen and oxygen atoms in total. The van der Waals surface area contributed by atoms with Crippen LogP contribution in [0.4, 0.5) is 0 Å². The summed E-state index contributed by atoms with van der Waals surface area (Å²) in [6.07, 6.45) is 7.16. The molecule has 0 spiro atoms. The van der Waals surface area contributed by atoms with Crippen molar-refractivity contribution < 1.29 is 4.79 Å². The third-order valence-electron chi connectivity index (χ3n) is 3.86. The van der Waals surface area contributed by atoms with Crippen LogP contribution < -0.4 is 10.6 Å². The highest BCUT2D eigenvalue weighted by atomic mass is 32.2. The van der Waals surface area contributed by atoms with Crippen LogP contribution in [0.2, 0.25) is 0 Å². The summed E-state index contributed by atoms with van der Waals surface area (Å²) in [6.45, 7) is 5.21. The van der Waals surface area contributed by atoms with E-state index in [9.17, 15) is 4.79 Å². The van der Waals surface area contributed by atoms with Crippen LogP contribution in [-0.2, 0) is 4.79 Å². The Hall–Kier alpha value is -1.69. The Labute approximate surface area is 129 Å². The van der Waals surface area contributed by atoms with E-state index in [2.05, 4.69) is 46.6 Å². The average Bonchev–Trinajstić information content (AvgIpc) is 2.44. The number of amides is 1. The predicted octanol–water partition coefficient (Wildman–Crippen LogP) is 1.78. The van der Waals surface area contributed by atoms with Crippen molar-refractivity contribution in [2.24, 2.45) is 10.4 Å². The molecule has 1 atom stereocenters. The minimum absolute atomic E-state index is 0.0129. The number of hydrogen-bond donors (Lipinski definition) is 2. The molecule has 0 aromatic carbocycles. The predicted molar refractivity (Wildman–Crippen MR) is 86.4 cm³/mol. The molecule has 1 amide bonds. The van der Waals surface area contributed by atoms with Gasteiger partial charge in [-0.05, 0) is 12.5 Å². The molecule has 0 saturated heterocycles. The summed E-state index contributed by atoms with van der Waals surface area (Å²) in [5.41, 5.74) is 1.14. The van der Waals surface area contributed by atoms with Gasteiger partial charge in [0.2, 0.25) is 5.91 Å². The Kier molecular flexibility index (Phi) is 3.57. The first-order valence-electron chi connectivity index (χ1n) is 7.06. The maximum Gasteiger partial charge on any atom is 0.216 e. The van der Waals surface area contributed by atoms with Crippen LogP contribution in [-0.4, -0.2) is 37.2 Å². The number of carbonyl (C=O) groups is 1. The van der Waals surface area contributed by atoms with E-state index in [0.717, 1.165) is 18.8 Å². The second-order valence-electron chi connectivity index (χ2n) is 5.99. The summed E-state index contributed by atoms with van der Waals surface area (Å²) in [5.74, 6) is 0.948. The lowest BCUT2D eigenvalue weighted by Gasteiger charge is -2.37. The quantitative estimate of drug-likeness (QED) is 0.816. The van der Waals surface area contributed by atoms with Gasteiger partial charge >= 0.3 is 0 Å². The summed E-state index contributed by atoms with van der Waals surface area (Å²) >= 11 is 1.77. The summed E-state index contributed by atoms with van der Waals surface area (Å²) in [5, 5.41) is 7.56. The fourth-order valence-corrected chi connectivity index (χ4v) is 3.63. The molecular weight excluding hydrogens is 284 g/mol. The first-order valence-corrected chi connectivity index (χ1v) is 7.88. The lowest BCUT2D eigenvalue weighted by atomic mass is 9.82. The van der Waals surface area contributed by atoms with Crippen LogP contribution in [0.3, 0.4) is 0 Å². The van der Waals surface area contributed by atoms with Gasteiger partial charge in [0.05, 0.1) is 6.54 Å². The third-order valence-corrected chi connectivity index (χ3v) is 5.16. The van der Waals surface area contributed by atoms with Gasteiger partial charge in [-0.25, -0.2) is 4.99 Å². The average molecular weight is 304 g/mol. The second-order valence-corrected chi connectivity index (χ2v) is 7.02. The van der Waals surface area contributed by atoms with E-state index in [1.165, 1.54) is 15.6 Å². The van der Waals surface area contributed by atoms with E-state index in [4.69, 9.17) is 0 Å². The fourth-order valence-electron chi connectivity index (χ4n) is 2.61. The monoisotopic (exact) mass is 304 g/mol. The van der Waals surface area contributed by atoms with E-state index < -0.39 is 0 Å². The lowest BCUT2D eigenvalue weighted by Crippen LogP contribution is -2.38. The molecule has 3 rings (SSSR count).